The minimum absolute atomic E-state index is 0.00871. The molecule has 14 heteroatoms. The van der Waals surface area contributed by atoms with E-state index in [1.807, 2.05) is 117 Å². The molecule has 1 aromatic heterocycles. The number of aliphatic hydroxyl groups is 1. The normalized spacial score (nSPS) is 18.8. The summed E-state index contributed by atoms with van der Waals surface area (Å²) in [6.07, 6.45) is -0.886. The van der Waals surface area contributed by atoms with E-state index in [-0.39, 0.29) is 42.6 Å². The fourth-order valence-electron chi connectivity index (χ4n) is 6.83. The van der Waals surface area contributed by atoms with Crippen molar-refractivity contribution in [1.29, 1.82) is 0 Å². The first-order chi connectivity index (χ1) is 28.1. The number of thioether (sulfide) groups is 1. The van der Waals surface area contributed by atoms with E-state index in [2.05, 4.69) is 32.5 Å². The highest BCUT2D eigenvalue weighted by atomic mass is 32.2. The van der Waals surface area contributed by atoms with E-state index in [9.17, 15) is 18.3 Å². The van der Waals surface area contributed by atoms with Gasteiger partial charge in [0, 0.05) is 30.8 Å². The maximum atomic E-state index is 13.6. The van der Waals surface area contributed by atoms with Crippen LogP contribution in [0.2, 0.25) is 0 Å². The molecule has 1 aliphatic heterocycles. The van der Waals surface area contributed by atoms with Crippen LogP contribution >= 0.6 is 11.8 Å². The number of aliphatic hydroxyl groups excluding tert-OH is 1. The molecule has 1 fully saturated rings. The molecule has 0 unspecified atom stereocenters. The number of sulfonamides is 1. The largest absolute Gasteiger partial charge is 0.392 e. The molecule has 7 rings (SSSR count). The number of nitrogens with zero attached hydrogens (tertiary/aromatic N) is 4. The number of carbonyl (C=O) groups is 1. The van der Waals surface area contributed by atoms with Gasteiger partial charge < -0.3 is 19.9 Å². The summed E-state index contributed by atoms with van der Waals surface area (Å²) in [5.74, 6) is 0.200. The predicted molar refractivity (Wildman–Crippen MR) is 222 cm³/mol. The second-order valence-electron chi connectivity index (χ2n) is 14.4. The first kappa shape index (κ1) is 41.0. The molecule has 1 aliphatic rings. The Balaban J connectivity index is 1.05. The van der Waals surface area contributed by atoms with E-state index in [1.165, 1.54) is 23.9 Å². The van der Waals surface area contributed by atoms with Gasteiger partial charge in [-0.1, -0.05) is 133 Å². The Hall–Kier alpha value is -5.22. The number of hydrogen-bond acceptors (Lipinski definition) is 10. The van der Waals surface area contributed by atoms with Crippen LogP contribution in [0.25, 0.3) is 11.1 Å². The van der Waals surface area contributed by atoms with Gasteiger partial charge in [-0.3, -0.25) is 4.79 Å². The monoisotopic (exact) mass is 818 g/mol. The second kappa shape index (κ2) is 18.6. The summed E-state index contributed by atoms with van der Waals surface area (Å²) in [6.45, 7) is 4.17. The molecule has 2 heterocycles. The van der Waals surface area contributed by atoms with Gasteiger partial charge in [0.2, 0.25) is 21.1 Å². The van der Waals surface area contributed by atoms with Crippen LogP contribution in [-0.4, -0.2) is 57.5 Å². The number of carbonyl (C=O) groups excluding carboxylic acids is 1. The summed E-state index contributed by atoms with van der Waals surface area (Å²) >= 11 is 1.53. The highest BCUT2D eigenvalue weighted by Crippen LogP contribution is 2.43. The number of hydrogen-bond donors (Lipinski definition) is 3. The number of aromatic nitrogens is 4. The van der Waals surface area contributed by atoms with Crippen LogP contribution in [0.1, 0.15) is 52.7 Å². The Kier molecular flexibility index (Phi) is 13.1. The lowest BCUT2D eigenvalue weighted by molar-refractivity contribution is -0.268. The summed E-state index contributed by atoms with van der Waals surface area (Å²) in [6, 6.07) is 38.6. The first-order valence-electron chi connectivity index (χ1n) is 19.0. The van der Waals surface area contributed by atoms with Crippen LogP contribution < -0.4 is 10.0 Å². The van der Waals surface area contributed by atoms with E-state index in [0.717, 1.165) is 44.5 Å². The molecule has 6 aromatic rings. The molecule has 0 aliphatic carbocycles. The quantitative estimate of drug-likeness (QED) is 0.0982. The zero-order chi connectivity index (χ0) is 40.6. The predicted octanol–water partition coefficient (Wildman–Crippen LogP) is 6.47. The fraction of sp³-hybridized carbons (Fsp3) is 0.273. The lowest BCUT2D eigenvalue weighted by Crippen LogP contribution is -2.47. The number of aryl methyl sites for hydroxylation is 2. The Morgan fingerprint density at radius 1 is 0.845 bits per heavy atom. The Labute approximate surface area is 343 Å². The minimum Gasteiger partial charge on any atom is -0.392 e. The second-order valence-corrected chi connectivity index (χ2v) is 17.1. The van der Waals surface area contributed by atoms with Crippen molar-refractivity contribution in [2.24, 2.45) is 13.0 Å². The van der Waals surface area contributed by atoms with Crippen molar-refractivity contribution in [2.75, 3.05) is 5.75 Å². The smallest absolute Gasteiger partial charge is 0.241 e. The summed E-state index contributed by atoms with van der Waals surface area (Å²) in [7, 11) is -2.16. The molecule has 5 aromatic carbocycles. The third-order valence-electron chi connectivity index (χ3n) is 10.2. The van der Waals surface area contributed by atoms with Crippen LogP contribution in [-0.2, 0) is 50.9 Å². The lowest BCUT2D eigenvalue weighted by atomic mass is 9.91. The van der Waals surface area contributed by atoms with Crippen LogP contribution in [0.3, 0.4) is 0 Å². The minimum atomic E-state index is -3.96. The maximum absolute atomic E-state index is 13.6. The van der Waals surface area contributed by atoms with Crippen molar-refractivity contribution >= 4 is 27.7 Å². The number of rotatable bonds is 15. The topological polar surface area (TPSA) is 158 Å². The van der Waals surface area contributed by atoms with Crippen LogP contribution in [0.4, 0.5) is 0 Å². The molecule has 1 amide bonds. The molecular weight excluding hydrogens is 773 g/mol. The van der Waals surface area contributed by atoms with Gasteiger partial charge in [-0.25, -0.2) is 13.1 Å². The van der Waals surface area contributed by atoms with Crippen molar-refractivity contribution in [3.8, 4) is 11.1 Å². The number of benzene rings is 5. The van der Waals surface area contributed by atoms with E-state index in [4.69, 9.17) is 9.47 Å². The van der Waals surface area contributed by atoms with Crippen molar-refractivity contribution < 1.29 is 27.8 Å². The number of amides is 1. The van der Waals surface area contributed by atoms with Gasteiger partial charge in [0.05, 0.1) is 23.7 Å². The first-order valence-corrected chi connectivity index (χ1v) is 21.5. The average Bonchev–Trinajstić information content (AvgIpc) is 3.66. The Morgan fingerprint density at radius 3 is 2.24 bits per heavy atom. The van der Waals surface area contributed by atoms with E-state index in [0.29, 0.717) is 10.9 Å². The molecule has 300 valence electrons. The molecule has 0 bridgehead atoms. The van der Waals surface area contributed by atoms with Crippen molar-refractivity contribution in [3.63, 3.8) is 0 Å². The summed E-state index contributed by atoms with van der Waals surface area (Å²) in [4.78, 5) is 13.7. The molecule has 58 heavy (non-hydrogen) atoms. The Morgan fingerprint density at radius 2 is 1.55 bits per heavy atom. The van der Waals surface area contributed by atoms with Gasteiger partial charge in [-0.2, -0.15) is 4.72 Å². The van der Waals surface area contributed by atoms with Crippen LogP contribution in [0.5, 0.6) is 0 Å². The van der Waals surface area contributed by atoms with Gasteiger partial charge in [0.25, 0.3) is 0 Å². The highest BCUT2D eigenvalue weighted by Gasteiger charge is 2.38. The molecule has 12 nitrogen and oxygen atoms in total. The van der Waals surface area contributed by atoms with Crippen LogP contribution in [0.15, 0.2) is 137 Å². The third kappa shape index (κ3) is 10.1. The standard InChI is InChI=1S/C44H46N6O6S2/c1-29-12-22-38(23-13-29)58(53,54)47-39(25-31-8-5-4-6-9-31)42(52)45-26-33-10-7-11-37(24-33)34-18-20-36(21-19-34)43-55-40(28-57-44-46-48-49-50(44)3)30(2)41(56-43)35-16-14-32(27-51)15-17-35/h4-24,30,39-41,43,47,51H,25-28H2,1-3H3,(H,45,52)/t30-,39+,40+,41+,43+/m0/s1. The third-order valence-corrected chi connectivity index (χ3v) is 12.8. The zero-order valence-corrected chi connectivity index (χ0v) is 34.1. The maximum Gasteiger partial charge on any atom is 0.241 e. The number of nitrogens with one attached hydrogen (secondary N) is 2. The molecule has 1 saturated heterocycles. The fourth-order valence-corrected chi connectivity index (χ4v) is 9.03. The summed E-state index contributed by atoms with van der Waals surface area (Å²) in [5.41, 5.74) is 7.24. The number of tetrazole rings is 1. The van der Waals surface area contributed by atoms with E-state index >= 15 is 0 Å². The van der Waals surface area contributed by atoms with Gasteiger partial charge in [-0.05, 0) is 75.4 Å². The molecule has 3 N–H and O–H groups in total. The average molecular weight is 819 g/mol. The van der Waals surface area contributed by atoms with E-state index in [1.54, 1.807) is 16.8 Å². The molecule has 5 atom stereocenters. The van der Waals surface area contributed by atoms with Gasteiger partial charge in [0.1, 0.15) is 6.04 Å². The van der Waals surface area contributed by atoms with Gasteiger partial charge in [0.15, 0.2) is 6.29 Å². The molecule has 0 spiro atoms. The molecule has 0 saturated carbocycles. The molecular formula is C44H46N6O6S2. The highest BCUT2D eigenvalue weighted by molar-refractivity contribution is 7.99. The van der Waals surface area contributed by atoms with Gasteiger partial charge >= 0.3 is 0 Å². The van der Waals surface area contributed by atoms with Crippen molar-refractivity contribution in [2.45, 2.75) is 68.0 Å². The summed E-state index contributed by atoms with van der Waals surface area (Å²) in [5, 5.41) is 25.1. The van der Waals surface area contributed by atoms with E-state index < -0.39 is 28.3 Å². The zero-order valence-electron chi connectivity index (χ0n) is 32.4. The SMILES string of the molecule is Cc1ccc(S(=O)(=O)N[C@H](Cc2ccccc2)C(=O)NCc2cccc(-c3ccc([C@@H]4O[C@H](CSc5nnnn5C)[C@H](C)[C@H](c5ccc(CO)cc5)O4)cc3)c2)cc1. The van der Waals surface area contributed by atoms with Crippen LogP contribution in [0, 0.1) is 12.8 Å². The number of ether oxygens (including phenoxy) is 2. The lowest BCUT2D eigenvalue weighted by Gasteiger charge is -2.41. The molecule has 0 radical (unpaired) electrons. The van der Waals surface area contributed by atoms with Crippen molar-refractivity contribution in [1.82, 2.24) is 30.2 Å². The Bertz CT molecular complexity index is 2390. The van der Waals surface area contributed by atoms with Crippen molar-refractivity contribution in [3.05, 3.63) is 161 Å². The van der Waals surface area contributed by atoms with Gasteiger partial charge in [-0.15, -0.1) is 5.10 Å². The summed E-state index contributed by atoms with van der Waals surface area (Å²) < 4.78 is 44.2.